The maximum atomic E-state index is 12.1. The van der Waals surface area contributed by atoms with Gasteiger partial charge in [0.2, 0.25) is 0 Å². The lowest BCUT2D eigenvalue weighted by atomic mass is 10.1. The van der Waals surface area contributed by atoms with Crippen LogP contribution in [0.4, 0.5) is 4.79 Å². The highest BCUT2D eigenvalue weighted by atomic mass is 16.6. The van der Waals surface area contributed by atoms with E-state index in [-0.39, 0.29) is 6.54 Å². The van der Waals surface area contributed by atoms with Crippen molar-refractivity contribution in [2.75, 3.05) is 33.9 Å². The minimum absolute atomic E-state index is 0.204. The van der Waals surface area contributed by atoms with Crippen LogP contribution in [0.1, 0.15) is 53.2 Å². The average molecular weight is 439 g/mol. The number of aliphatic hydroxyl groups excluding tert-OH is 1. The van der Waals surface area contributed by atoms with Crippen molar-refractivity contribution >= 4 is 12.1 Å². The largest absolute Gasteiger partial charge is 0.497 e. The first kappa shape index (κ1) is 26.4. The highest BCUT2D eigenvalue weighted by Crippen LogP contribution is 2.29. The van der Waals surface area contributed by atoms with Gasteiger partial charge in [-0.25, -0.2) is 4.79 Å². The molecular weight excluding hydrogens is 400 g/mol. The van der Waals surface area contributed by atoms with Gasteiger partial charge in [0.25, 0.3) is 0 Å². The third kappa shape index (κ3) is 9.78. The van der Waals surface area contributed by atoms with Crippen LogP contribution in [0.2, 0.25) is 0 Å². The fourth-order valence-corrected chi connectivity index (χ4v) is 2.64. The number of benzene rings is 1. The molecule has 0 radical (unpaired) electrons. The lowest BCUT2D eigenvalue weighted by Gasteiger charge is -2.27. The smallest absolute Gasteiger partial charge is 0.408 e. The fourth-order valence-electron chi connectivity index (χ4n) is 2.64. The van der Waals surface area contributed by atoms with E-state index in [1.807, 2.05) is 41.5 Å². The SMILES string of the molecule is CCNC(=NCC(C)(C)NC(=O)OC(C)(C)C)NCC(O)c1cc(OC)ccc1OC. The number of carbonyl (C=O) groups excluding carboxylic acids is 1. The Morgan fingerprint density at radius 1 is 1.13 bits per heavy atom. The summed E-state index contributed by atoms with van der Waals surface area (Å²) in [5.74, 6) is 1.72. The van der Waals surface area contributed by atoms with Gasteiger partial charge in [0.05, 0.1) is 32.4 Å². The number of nitrogens with one attached hydrogen (secondary N) is 3. The van der Waals surface area contributed by atoms with Gasteiger partial charge in [0.15, 0.2) is 5.96 Å². The molecule has 176 valence electrons. The van der Waals surface area contributed by atoms with Gasteiger partial charge in [-0.15, -0.1) is 0 Å². The predicted octanol–water partition coefficient (Wildman–Crippen LogP) is 2.60. The molecule has 0 saturated heterocycles. The number of hydrogen-bond donors (Lipinski definition) is 4. The van der Waals surface area contributed by atoms with Crippen LogP contribution in [0.15, 0.2) is 23.2 Å². The third-order valence-corrected chi connectivity index (χ3v) is 4.07. The molecule has 1 unspecified atom stereocenters. The van der Waals surface area contributed by atoms with E-state index in [2.05, 4.69) is 20.9 Å². The van der Waals surface area contributed by atoms with E-state index in [0.717, 1.165) is 0 Å². The Bertz CT molecular complexity index is 744. The second kappa shape index (κ2) is 11.6. The summed E-state index contributed by atoms with van der Waals surface area (Å²) in [6.07, 6.45) is -1.34. The molecule has 9 nitrogen and oxygen atoms in total. The van der Waals surface area contributed by atoms with Crippen LogP contribution in [0.3, 0.4) is 0 Å². The fraction of sp³-hybridized carbons (Fsp3) is 0.636. The number of hydrogen-bond acceptors (Lipinski definition) is 6. The van der Waals surface area contributed by atoms with Crippen molar-refractivity contribution in [2.24, 2.45) is 4.99 Å². The molecule has 0 saturated carbocycles. The topological polar surface area (TPSA) is 113 Å². The second-order valence-electron chi connectivity index (χ2n) is 8.71. The standard InChI is InChI=1S/C22H38N4O5/c1-9-23-19(25-14-22(5,6)26-20(28)31-21(2,3)4)24-13-17(27)16-12-15(29-7)10-11-18(16)30-8/h10-12,17,27H,9,13-14H2,1-8H3,(H,26,28)(H2,23,24,25). The molecule has 1 amide bonds. The van der Waals surface area contributed by atoms with Gasteiger partial charge in [-0.05, 0) is 59.7 Å². The number of aliphatic hydroxyl groups is 1. The zero-order chi connectivity index (χ0) is 23.7. The van der Waals surface area contributed by atoms with Crippen molar-refractivity contribution in [3.05, 3.63) is 23.8 Å². The monoisotopic (exact) mass is 438 g/mol. The molecule has 0 heterocycles. The normalized spacial score (nSPS) is 13.3. The van der Waals surface area contributed by atoms with Crippen molar-refractivity contribution in [1.82, 2.24) is 16.0 Å². The summed E-state index contributed by atoms with van der Waals surface area (Å²) >= 11 is 0. The van der Waals surface area contributed by atoms with Gasteiger partial charge in [-0.1, -0.05) is 0 Å². The molecule has 1 aromatic rings. The molecule has 1 aromatic carbocycles. The number of methoxy groups -OCH3 is 2. The molecule has 0 aliphatic heterocycles. The van der Waals surface area contributed by atoms with Crippen molar-refractivity contribution < 1.29 is 24.1 Å². The molecule has 0 aliphatic rings. The number of guanidine groups is 1. The van der Waals surface area contributed by atoms with Crippen LogP contribution < -0.4 is 25.4 Å². The molecule has 4 N–H and O–H groups in total. The van der Waals surface area contributed by atoms with Crippen LogP contribution in [-0.2, 0) is 4.74 Å². The lowest BCUT2D eigenvalue weighted by Crippen LogP contribution is -2.49. The highest BCUT2D eigenvalue weighted by Gasteiger charge is 2.24. The molecule has 0 aromatic heterocycles. The van der Waals surface area contributed by atoms with Crippen LogP contribution >= 0.6 is 0 Å². The number of rotatable bonds is 9. The number of ether oxygens (including phenoxy) is 3. The second-order valence-corrected chi connectivity index (χ2v) is 8.71. The Kier molecular flexibility index (Phi) is 9.90. The van der Waals surface area contributed by atoms with E-state index < -0.39 is 23.3 Å². The van der Waals surface area contributed by atoms with E-state index >= 15 is 0 Å². The van der Waals surface area contributed by atoms with E-state index in [4.69, 9.17) is 14.2 Å². The molecule has 31 heavy (non-hydrogen) atoms. The van der Waals surface area contributed by atoms with Crippen LogP contribution in [0.25, 0.3) is 0 Å². The van der Waals surface area contributed by atoms with Gasteiger partial charge >= 0.3 is 6.09 Å². The summed E-state index contributed by atoms with van der Waals surface area (Å²) in [7, 11) is 3.12. The van der Waals surface area contributed by atoms with Crippen molar-refractivity contribution in [2.45, 2.75) is 58.8 Å². The zero-order valence-electron chi connectivity index (χ0n) is 20.0. The van der Waals surface area contributed by atoms with Crippen molar-refractivity contribution in [1.29, 1.82) is 0 Å². The number of carbonyl (C=O) groups is 1. The van der Waals surface area contributed by atoms with Crippen LogP contribution in [0, 0.1) is 0 Å². The first-order chi connectivity index (χ1) is 14.4. The van der Waals surface area contributed by atoms with Crippen LogP contribution in [0.5, 0.6) is 11.5 Å². The molecule has 1 rings (SSSR count). The van der Waals surface area contributed by atoms with Gasteiger partial charge in [0.1, 0.15) is 17.1 Å². The minimum Gasteiger partial charge on any atom is -0.497 e. The Morgan fingerprint density at radius 3 is 2.35 bits per heavy atom. The quantitative estimate of drug-likeness (QED) is 0.346. The zero-order valence-corrected chi connectivity index (χ0v) is 20.0. The number of nitrogens with zero attached hydrogens (tertiary/aromatic N) is 1. The maximum absolute atomic E-state index is 12.1. The van der Waals surface area contributed by atoms with Gasteiger partial charge in [-0.2, -0.15) is 0 Å². The summed E-state index contributed by atoms with van der Waals surface area (Å²) in [4.78, 5) is 16.6. The average Bonchev–Trinajstić information content (AvgIpc) is 2.67. The Balaban J connectivity index is 2.79. The molecule has 0 spiro atoms. The molecular formula is C22H38N4O5. The summed E-state index contributed by atoms with van der Waals surface area (Å²) in [5.41, 5.74) is -0.589. The van der Waals surface area contributed by atoms with Gasteiger partial charge in [0, 0.05) is 18.7 Å². The van der Waals surface area contributed by atoms with Gasteiger partial charge in [-0.3, -0.25) is 4.99 Å². The number of amides is 1. The van der Waals surface area contributed by atoms with Crippen molar-refractivity contribution in [3.63, 3.8) is 0 Å². The molecule has 9 heteroatoms. The summed E-state index contributed by atoms with van der Waals surface area (Å²) in [5, 5.41) is 19.7. The Hall–Kier alpha value is -2.68. The number of aliphatic imine (C=N–C) groups is 1. The van der Waals surface area contributed by atoms with E-state index in [9.17, 15) is 9.90 Å². The molecule has 0 bridgehead atoms. The predicted molar refractivity (Wildman–Crippen MR) is 122 cm³/mol. The summed E-state index contributed by atoms with van der Waals surface area (Å²) in [6.45, 7) is 12.3. The number of alkyl carbamates (subject to hydrolysis) is 1. The first-order valence-electron chi connectivity index (χ1n) is 10.3. The van der Waals surface area contributed by atoms with Gasteiger partial charge < -0.3 is 35.3 Å². The summed E-state index contributed by atoms with van der Waals surface area (Å²) in [6, 6.07) is 5.26. The van der Waals surface area contributed by atoms with E-state index in [1.165, 1.54) is 0 Å². The molecule has 1 atom stereocenters. The lowest BCUT2D eigenvalue weighted by molar-refractivity contribution is 0.0476. The van der Waals surface area contributed by atoms with E-state index in [0.29, 0.717) is 36.1 Å². The van der Waals surface area contributed by atoms with Crippen molar-refractivity contribution in [3.8, 4) is 11.5 Å². The highest BCUT2D eigenvalue weighted by molar-refractivity contribution is 5.80. The Labute approximate surface area is 185 Å². The molecule has 0 aliphatic carbocycles. The third-order valence-electron chi connectivity index (χ3n) is 4.07. The summed E-state index contributed by atoms with van der Waals surface area (Å²) < 4.78 is 15.9. The first-order valence-corrected chi connectivity index (χ1v) is 10.3. The van der Waals surface area contributed by atoms with E-state index in [1.54, 1.807) is 32.4 Å². The molecule has 0 fully saturated rings. The van der Waals surface area contributed by atoms with Crippen LogP contribution in [-0.4, -0.2) is 62.2 Å². The minimum atomic E-state index is -0.846. The Morgan fingerprint density at radius 2 is 1.81 bits per heavy atom. The maximum Gasteiger partial charge on any atom is 0.408 e.